The summed E-state index contributed by atoms with van der Waals surface area (Å²) >= 11 is 3.01. The van der Waals surface area contributed by atoms with Gasteiger partial charge in [0, 0.05) is 5.56 Å². The lowest BCUT2D eigenvalue weighted by Gasteiger charge is -2.05. The molecule has 2 heterocycles. The molecule has 0 radical (unpaired) electrons. The van der Waals surface area contributed by atoms with Crippen LogP contribution >= 0.6 is 15.9 Å². The van der Waals surface area contributed by atoms with Crippen LogP contribution in [0.25, 0.3) is 11.3 Å². The molecule has 0 unspecified atom stereocenters. The third-order valence-electron chi connectivity index (χ3n) is 4.95. The molecule has 16 heteroatoms. The van der Waals surface area contributed by atoms with Gasteiger partial charge in [0.15, 0.2) is 34.9 Å². The summed E-state index contributed by atoms with van der Waals surface area (Å²) in [5, 5.41) is 17.0. The van der Waals surface area contributed by atoms with Crippen molar-refractivity contribution in [2.24, 2.45) is 0 Å². The van der Waals surface area contributed by atoms with Crippen molar-refractivity contribution >= 4 is 40.4 Å². The zero-order valence-electron chi connectivity index (χ0n) is 21.4. The predicted molar refractivity (Wildman–Crippen MR) is 140 cm³/mol. The molecule has 0 saturated carbocycles. The van der Waals surface area contributed by atoms with Gasteiger partial charge in [-0.05, 0) is 63.9 Å². The molecule has 0 saturated heterocycles. The highest BCUT2D eigenvalue weighted by Crippen LogP contribution is 2.22. The lowest BCUT2D eigenvalue weighted by atomic mass is 9.80. The van der Waals surface area contributed by atoms with Gasteiger partial charge in [0.25, 0.3) is 0 Å². The quantitative estimate of drug-likeness (QED) is 0.144. The summed E-state index contributed by atoms with van der Waals surface area (Å²) in [5.74, 6) is -7.27. The minimum atomic E-state index is -1.76. The SMILES string of the molecule is COC(=O)c1cc(-c2ccc(F)c(F)c2)ncc1F.COC(=O)c1cc(Br)ncc1F.OB(O)c1ccc(F)c(F)c1. The van der Waals surface area contributed by atoms with E-state index >= 15 is 0 Å². The van der Waals surface area contributed by atoms with Crippen molar-refractivity contribution in [3.8, 4) is 11.3 Å². The summed E-state index contributed by atoms with van der Waals surface area (Å²) in [6, 6.07) is 8.17. The third-order valence-corrected chi connectivity index (χ3v) is 5.38. The number of methoxy groups -OCH3 is 2. The fourth-order valence-electron chi connectivity index (χ4n) is 2.87. The molecule has 0 aliphatic heterocycles. The average molecular weight is 659 g/mol. The smallest absolute Gasteiger partial charge is 0.465 e. The Morgan fingerprint density at radius 1 is 0.690 bits per heavy atom. The number of aromatic nitrogens is 2. The Kier molecular flexibility index (Phi) is 12.6. The fourth-order valence-corrected chi connectivity index (χ4v) is 3.20. The standard InChI is InChI=1S/C13H8F3NO2.C7H5BrFNO2.C6H5BF2O2/c1-19-13(18)8-5-12(17-6-11(8)16)7-2-3-9(14)10(15)4-7;1-12-7(11)4-2-6(8)10-3-5(4)9;8-5-2-1-4(7(10)11)3-6(5)9/h2-6H,1H3;2-3H,1H3;1-3,10-11H. The Hall–Kier alpha value is -4.28. The molecule has 0 amide bonds. The molecular formula is C26H18BBrF6N2O6. The lowest BCUT2D eigenvalue weighted by Crippen LogP contribution is -2.30. The largest absolute Gasteiger partial charge is 0.488 e. The van der Waals surface area contributed by atoms with E-state index in [9.17, 15) is 35.9 Å². The molecule has 0 bridgehead atoms. The third kappa shape index (κ3) is 9.39. The number of pyridine rings is 2. The van der Waals surface area contributed by atoms with Gasteiger partial charge >= 0.3 is 19.1 Å². The minimum Gasteiger partial charge on any atom is -0.465 e. The molecule has 4 rings (SSSR count). The van der Waals surface area contributed by atoms with Crippen LogP contribution in [0.5, 0.6) is 0 Å². The lowest BCUT2D eigenvalue weighted by molar-refractivity contribution is 0.0586. The van der Waals surface area contributed by atoms with Gasteiger partial charge in [-0.2, -0.15) is 0 Å². The summed E-state index contributed by atoms with van der Waals surface area (Å²) in [5.41, 5.74) is -0.148. The number of carbonyl (C=O) groups is 2. The second-order valence-electron chi connectivity index (χ2n) is 7.70. The highest BCUT2D eigenvalue weighted by molar-refractivity contribution is 9.10. The number of nitrogens with zero attached hydrogens (tertiary/aromatic N) is 2. The van der Waals surface area contributed by atoms with Crippen LogP contribution in [-0.4, -0.2) is 53.3 Å². The molecule has 220 valence electrons. The predicted octanol–water partition coefficient (Wildman–Crippen LogP) is 4.37. The first-order valence-electron chi connectivity index (χ1n) is 11.2. The Labute approximate surface area is 242 Å². The number of carbonyl (C=O) groups excluding carboxylic acids is 2. The van der Waals surface area contributed by atoms with Crippen molar-refractivity contribution in [1.82, 2.24) is 9.97 Å². The first-order valence-corrected chi connectivity index (χ1v) is 12.0. The molecule has 42 heavy (non-hydrogen) atoms. The fraction of sp³-hybridized carbons (Fsp3) is 0.0769. The van der Waals surface area contributed by atoms with Gasteiger partial charge in [0.1, 0.15) is 4.60 Å². The Morgan fingerprint density at radius 3 is 1.69 bits per heavy atom. The van der Waals surface area contributed by atoms with E-state index in [1.54, 1.807) is 0 Å². The first-order chi connectivity index (χ1) is 19.8. The molecule has 0 aliphatic carbocycles. The molecule has 2 aromatic heterocycles. The van der Waals surface area contributed by atoms with Gasteiger partial charge in [-0.1, -0.05) is 6.07 Å². The van der Waals surface area contributed by atoms with E-state index in [1.165, 1.54) is 19.2 Å². The van der Waals surface area contributed by atoms with E-state index in [1.807, 2.05) is 0 Å². The van der Waals surface area contributed by atoms with Crippen LogP contribution in [0.15, 0.2) is 65.5 Å². The van der Waals surface area contributed by atoms with Crippen molar-refractivity contribution in [1.29, 1.82) is 0 Å². The maximum atomic E-state index is 13.4. The van der Waals surface area contributed by atoms with Gasteiger partial charge in [0.05, 0.1) is 43.4 Å². The van der Waals surface area contributed by atoms with E-state index in [4.69, 9.17) is 10.0 Å². The number of rotatable bonds is 4. The van der Waals surface area contributed by atoms with Gasteiger partial charge in [-0.25, -0.2) is 40.9 Å². The highest BCUT2D eigenvalue weighted by Gasteiger charge is 2.16. The zero-order chi connectivity index (χ0) is 31.6. The van der Waals surface area contributed by atoms with Crippen LogP contribution in [0.3, 0.4) is 0 Å². The monoisotopic (exact) mass is 658 g/mol. The van der Waals surface area contributed by atoms with Gasteiger partial charge in [-0.3, -0.25) is 4.98 Å². The molecule has 0 atom stereocenters. The summed E-state index contributed by atoms with van der Waals surface area (Å²) in [6.07, 6.45) is 1.78. The maximum absolute atomic E-state index is 13.4. The van der Waals surface area contributed by atoms with Crippen LogP contribution in [0, 0.1) is 34.9 Å². The van der Waals surface area contributed by atoms with Crippen LogP contribution in [0.1, 0.15) is 20.7 Å². The number of esters is 2. The number of halogens is 7. The summed E-state index contributed by atoms with van der Waals surface area (Å²) in [7, 11) is 0.542. The Balaban J connectivity index is 0.000000233. The van der Waals surface area contributed by atoms with Gasteiger partial charge < -0.3 is 19.5 Å². The van der Waals surface area contributed by atoms with Crippen molar-refractivity contribution in [2.45, 2.75) is 0 Å². The topological polar surface area (TPSA) is 119 Å². The second kappa shape index (κ2) is 15.7. The van der Waals surface area contributed by atoms with Crippen LogP contribution in [0.4, 0.5) is 26.3 Å². The van der Waals surface area contributed by atoms with E-state index in [-0.39, 0.29) is 27.8 Å². The molecule has 8 nitrogen and oxygen atoms in total. The van der Waals surface area contributed by atoms with E-state index in [0.717, 1.165) is 55.9 Å². The van der Waals surface area contributed by atoms with Crippen molar-refractivity contribution in [3.63, 3.8) is 0 Å². The van der Waals surface area contributed by atoms with Crippen molar-refractivity contribution in [2.75, 3.05) is 14.2 Å². The maximum Gasteiger partial charge on any atom is 0.488 e. The normalized spacial score (nSPS) is 9.98. The molecule has 0 fully saturated rings. The molecule has 2 aromatic carbocycles. The number of benzene rings is 2. The van der Waals surface area contributed by atoms with Crippen LogP contribution in [0.2, 0.25) is 0 Å². The van der Waals surface area contributed by atoms with Crippen molar-refractivity contribution in [3.05, 3.63) is 112 Å². The van der Waals surface area contributed by atoms with Gasteiger partial charge in [-0.15, -0.1) is 0 Å². The molecular weight excluding hydrogens is 641 g/mol. The first kappa shape index (κ1) is 33.9. The van der Waals surface area contributed by atoms with Crippen LogP contribution < -0.4 is 5.46 Å². The number of hydrogen-bond acceptors (Lipinski definition) is 8. The average Bonchev–Trinajstić information content (AvgIpc) is 2.97. The summed E-state index contributed by atoms with van der Waals surface area (Å²) in [6.45, 7) is 0. The van der Waals surface area contributed by atoms with Crippen molar-refractivity contribution < 1.29 is 55.5 Å². The zero-order valence-corrected chi connectivity index (χ0v) is 23.0. The molecule has 0 spiro atoms. The van der Waals surface area contributed by atoms with Gasteiger partial charge in [0.2, 0.25) is 0 Å². The van der Waals surface area contributed by atoms with E-state index < -0.39 is 54.0 Å². The Bertz CT molecular complexity index is 1580. The Morgan fingerprint density at radius 2 is 1.19 bits per heavy atom. The molecule has 0 aliphatic rings. The minimum absolute atomic E-state index is 0.0658. The number of hydrogen-bond donors (Lipinski definition) is 2. The molecule has 4 aromatic rings. The number of ether oxygens (including phenoxy) is 2. The van der Waals surface area contributed by atoms with E-state index in [2.05, 4.69) is 35.4 Å². The summed E-state index contributed by atoms with van der Waals surface area (Å²) < 4.78 is 85.8. The second-order valence-corrected chi connectivity index (χ2v) is 8.51. The molecule has 2 N–H and O–H groups in total. The summed E-state index contributed by atoms with van der Waals surface area (Å²) in [4.78, 5) is 29.5. The highest BCUT2D eigenvalue weighted by atomic mass is 79.9. The van der Waals surface area contributed by atoms with Crippen LogP contribution in [-0.2, 0) is 9.47 Å². The van der Waals surface area contributed by atoms with E-state index in [0.29, 0.717) is 4.60 Å².